The maximum Gasteiger partial charge on any atom is 0.224 e. The molecule has 0 aliphatic heterocycles. The second-order valence-electron chi connectivity index (χ2n) is 4.59. The molecular weight excluding hydrogens is 263 g/mol. The van der Waals surface area contributed by atoms with Gasteiger partial charge in [0.2, 0.25) is 5.91 Å². The summed E-state index contributed by atoms with van der Waals surface area (Å²) in [6.07, 6.45) is 1.09. The van der Waals surface area contributed by atoms with Crippen molar-refractivity contribution in [3.63, 3.8) is 0 Å². The minimum Gasteiger partial charge on any atom is -0.389 e. The number of aliphatic hydroxyl groups is 1. The number of carbonyl (C=O) groups excluding carboxylic acids is 1. The number of hydrogen-bond donors (Lipinski definition) is 3. The highest BCUT2D eigenvalue weighted by Gasteiger charge is 2.11. The van der Waals surface area contributed by atoms with Gasteiger partial charge < -0.3 is 20.1 Å². The summed E-state index contributed by atoms with van der Waals surface area (Å²) in [4.78, 5) is 14.8. The summed E-state index contributed by atoms with van der Waals surface area (Å²) in [7, 11) is 1.48. The molecule has 1 amide bonds. The summed E-state index contributed by atoms with van der Waals surface area (Å²) in [5.41, 5.74) is 1.51. The number of aliphatic hydroxyl groups excluding tert-OH is 1. The van der Waals surface area contributed by atoms with Crippen LogP contribution in [0, 0.1) is 5.82 Å². The van der Waals surface area contributed by atoms with Crippen LogP contribution in [0.25, 0.3) is 10.9 Å². The van der Waals surface area contributed by atoms with Gasteiger partial charge in [-0.25, -0.2) is 4.39 Å². The summed E-state index contributed by atoms with van der Waals surface area (Å²) >= 11 is 0. The summed E-state index contributed by atoms with van der Waals surface area (Å²) < 4.78 is 18.0. The molecule has 0 spiro atoms. The first kappa shape index (κ1) is 14.5. The van der Waals surface area contributed by atoms with Gasteiger partial charge in [0.25, 0.3) is 0 Å². The molecule has 2 rings (SSSR count). The second kappa shape index (κ2) is 6.49. The number of hydrogen-bond acceptors (Lipinski definition) is 3. The molecule has 20 heavy (non-hydrogen) atoms. The molecule has 0 radical (unpaired) electrons. The Labute approximate surface area is 115 Å². The smallest absolute Gasteiger partial charge is 0.224 e. The Balaban J connectivity index is 1.98. The second-order valence-corrected chi connectivity index (χ2v) is 4.59. The number of aromatic nitrogens is 1. The number of carbonyl (C=O) groups is 1. The molecule has 1 heterocycles. The largest absolute Gasteiger partial charge is 0.389 e. The highest BCUT2D eigenvalue weighted by Crippen LogP contribution is 2.19. The van der Waals surface area contributed by atoms with Crippen LogP contribution in [0.2, 0.25) is 0 Å². The quantitative estimate of drug-likeness (QED) is 0.738. The number of benzene rings is 1. The molecule has 1 atom stereocenters. The van der Waals surface area contributed by atoms with Gasteiger partial charge in [-0.3, -0.25) is 4.79 Å². The van der Waals surface area contributed by atoms with E-state index < -0.39 is 6.10 Å². The minimum atomic E-state index is -0.732. The number of fused-ring (bicyclic) bond motifs is 1. The van der Waals surface area contributed by atoms with Crippen molar-refractivity contribution < 1.29 is 19.0 Å². The van der Waals surface area contributed by atoms with E-state index in [1.54, 1.807) is 12.3 Å². The van der Waals surface area contributed by atoms with Crippen LogP contribution >= 0.6 is 0 Å². The Morgan fingerprint density at radius 1 is 1.55 bits per heavy atom. The van der Waals surface area contributed by atoms with Crippen LogP contribution in [0.1, 0.15) is 5.56 Å². The van der Waals surface area contributed by atoms with Crippen LogP contribution in [-0.2, 0) is 16.0 Å². The van der Waals surface area contributed by atoms with Gasteiger partial charge in [-0.15, -0.1) is 0 Å². The lowest BCUT2D eigenvalue weighted by atomic mass is 10.1. The van der Waals surface area contributed by atoms with E-state index in [-0.39, 0.29) is 31.3 Å². The Morgan fingerprint density at radius 2 is 2.35 bits per heavy atom. The van der Waals surface area contributed by atoms with Crippen molar-refractivity contribution >= 4 is 16.8 Å². The number of ether oxygens (including phenoxy) is 1. The number of aromatic amines is 1. The van der Waals surface area contributed by atoms with E-state index in [1.165, 1.54) is 19.2 Å². The molecule has 3 N–H and O–H groups in total. The molecule has 0 saturated heterocycles. The van der Waals surface area contributed by atoms with Crippen LogP contribution in [0.3, 0.4) is 0 Å². The van der Waals surface area contributed by atoms with Gasteiger partial charge in [0.05, 0.1) is 19.1 Å². The molecule has 0 aliphatic carbocycles. The zero-order valence-corrected chi connectivity index (χ0v) is 11.1. The summed E-state index contributed by atoms with van der Waals surface area (Å²) in [5.74, 6) is -0.570. The number of methoxy groups -OCH3 is 1. The molecule has 0 saturated carbocycles. The Bertz CT molecular complexity index is 597. The fourth-order valence-electron chi connectivity index (χ4n) is 2.02. The Morgan fingerprint density at radius 3 is 3.10 bits per heavy atom. The SMILES string of the molecule is COCC(O)CNC(=O)Cc1c[nH]c2ccc(F)cc12. The molecule has 0 bridgehead atoms. The van der Waals surface area contributed by atoms with E-state index in [2.05, 4.69) is 10.3 Å². The van der Waals surface area contributed by atoms with Gasteiger partial charge >= 0.3 is 0 Å². The van der Waals surface area contributed by atoms with Crippen LogP contribution < -0.4 is 5.32 Å². The van der Waals surface area contributed by atoms with Crippen molar-refractivity contribution in [3.8, 4) is 0 Å². The maximum absolute atomic E-state index is 13.2. The third-order valence-corrected chi connectivity index (χ3v) is 2.97. The first-order chi connectivity index (χ1) is 9.60. The summed E-state index contributed by atoms with van der Waals surface area (Å²) in [6, 6.07) is 4.40. The van der Waals surface area contributed by atoms with E-state index in [0.717, 1.165) is 11.1 Å². The predicted octanol–water partition coefficient (Wildman–Crippen LogP) is 0.973. The topological polar surface area (TPSA) is 74.3 Å². The van der Waals surface area contributed by atoms with Crippen molar-refractivity contribution in [3.05, 3.63) is 35.8 Å². The van der Waals surface area contributed by atoms with E-state index >= 15 is 0 Å². The van der Waals surface area contributed by atoms with Crippen molar-refractivity contribution in [1.29, 1.82) is 0 Å². The molecule has 0 fully saturated rings. The lowest BCUT2D eigenvalue weighted by Gasteiger charge is -2.10. The molecule has 1 aromatic heterocycles. The Hall–Kier alpha value is -1.92. The molecule has 0 aliphatic rings. The zero-order valence-electron chi connectivity index (χ0n) is 11.1. The molecule has 1 aromatic carbocycles. The average molecular weight is 280 g/mol. The Kier molecular flexibility index (Phi) is 4.70. The van der Waals surface area contributed by atoms with Gasteiger partial charge in [-0.05, 0) is 23.8 Å². The number of halogens is 1. The van der Waals surface area contributed by atoms with E-state index in [9.17, 15) is 14.3 Å². The van der Waals surface area contributed by atoms with Crippen molar-refractivity contribution in [1.82, 2.24) is 10.3 Å². The van der Waals surface area contributed by atoms with E-state index in [4.69, 9.17) is 4.74 Å². The minimum absolute atomic E-state index is 0.128. The maximum atomic E-state index is 13.2. The molecule has 6 heteroatoms. The summed E-state index contributed by atoms with van der Waals surface area (Å²) in [5, 5.41) is 12.7. The van der Waals surface area contributed by atoms with Crippen LogP contribution in [0.4, 0.5) is 4.39 Å². The molecule has 2 aromatic rings. The van der Waals surface area contributed by atoms with Gasteiger partial charge in [-0.1, -0.05) is 0 Å². The highest BCUT2D eigenvalue weighted by molar-refractivity contribution is 5.88. The normalized spacial score (nSPS) is 12.6. The number of nitrogens with one attached hydrogen (secondary N) is 2. The van der Waals surface area contributed by atoms with Crippen molar-refractivity contribution in [2.24, 2.45) is 0 Å². The van der Waals surface area contributed by atoms with Gasteiger partial charge in [0.1, 0.15) is 5.82 Å². The number of rotatable bonds is 6. The van der Waals surface area contributed by atoms with Gasteiger partial charge in [0, 0.05) is 30.8 Å². The van der Waals surface area contributed by atoms with Crippen LogP contribution in [0.5, 0.6) is 0 Å². The van der Waals surface area contributed by atoms with Crippen LogP contribution in [0.15, 0.2) is 24.4 Å². The lowest BCUT2D eigenvalue weighted by Crippen LogP contribution is -2.35. The predicted molar refractivity (Wildman–Crippen MR) is 72.9 cm³/mol. The standard InChI is InChI=1S/C14H17FN2O3/c1-20-8-11(18)7-17-14(19)4-9-6-16-13-3-2-10(15)5-12(9)13/h2-3,5-6,11,16,18H,4,7-8H2,1H3,(H,17,19). The monoisotopic (exact) mass is 280 g/mol. The molecule has 5 nitrogen and oxygen atoms in total. The van der Waals surface area contributed by atoms with Gasteiger partial charge in [-0.2, -0.15) is 0 Å². The lowest BCUT2D eigenvalue weighted by molar-refractivity contribution is -0.121. The first-order valence-electron chi connectivity index (χ1n) is 6.29. The number of amides is 1. The van der Waals surface area contributed by atoms with Crippen molar-refractivity contribution in [2.75, 3.05) is 20.3 Å². The van der Waals surface area contributed by atoms with E-state index in [0.29, 0.717) is 5.39 Å². The van der Waals surface area contributed by atoms with E-state index in [1.807, 2.05) is 0 Å². The highest BCUT2D eigenvalue weighted by atomic mass is 19.1. The molecule has 108 valence electrons. The van der Waals surface area contributed by atoms with Gasteiger partial charge in [0.15, 0.2) is 0 Å². The third-order valence-electron chi connectivity index (χ3n) is 2.97. The zero-order chi connectivity index (χ0) is 14.5. The first-order valence-corrected chi connectivity index (χ1v) is 6.29. The average Bonchev–Trinajstić information content (AvgIpc) is 2.79. The third kappa shape index (κ3) is 3.55. The molecular formula is C14H17FN2O3. The molecule has 1 unspecified atom stereocenters. The number of H-pyrrole nitrogens is 1. The summed E-state index contributed by atoms with van der Waals surface area (Å²) in [6.45, 7) is 0.294. The van der Waals surface area contributed by atoms with Crippen molar-refractivity contribution in [2.45, 2.75) is 12.5 Å². The fraction of sp³-hybridized carbons (Fsp3) is 0.357. The fourth-order valence-corrected chi connectivity index (χ4v) is 2.02. The van der Waals surface area contributed by atoms with Crippen LogP contribution in [-0.4, -0.2) is 42.4 Å².